The Morgan fingerprint density at radius 3 is 1.78 bits per heavy atom. The van der Waals surface area contributed by atoms with Gasteiger partial charge in [-0.3, -0.25) is 0 Å². The van der Waals surface area contributed by atoms with Crippen LogP contribution in [0.2, 0.25) is 0 Å². The first-order valence-corrected chi connectivity index (χ1v) is 7.81. The van der Waals surface area contributed by atoms with E-state index in [2.05, 4.69) is 65.2 Å². The second-order valence-corrected chi connectivity index (χ2v) is 5.78. The van der Waals surface area contributed by atoms with E-state index in [0.29, 0.717) is 6.04 Å². The van der Waals surface area contributed by atoms with Crippen molar-refractivity contribution in [1.82, 2.24) is 4.57 Å². The molecule has 0 radical (unpaired) electrons. The standard InChI is InChI=1S/C22H15N/c1-2-10-17-16(8-1)9-7-15-20(17)23-21-13-5-3-11-18(21)19-12-4-6-14-22(19)23/h1-15H/i15D. The molecule has 5 rings (SSSR count). The van der Waals surface area contributed by atoms with Gasteiger partial charge < -0.3 is 4.57 Å². The predicted molar refractivity (Wildman–Crippen MR) is 98.3 cm³/mol. The Hall–Kier alpha value is -3.06. The van der Waals surface area contributed by atoms with Crippen LogP contribution in [0, 0.1) is 0 Å². The maximum atomic E-state index is 8.56. The van der Waals surface area contributed by atoms with Crippen molar-refractivity contribution in [3.05, 3.63) is 91.0 Å². The number of hydrogen-bond donors (Lipinski definition) is 0. The molecule has 0 amide bonds. The molecule has 0 aliphatic rings. The van der Waals surface area contributed by atoms with Crippen LogP contribution in [0.25, 0.3) is 38.3 Å². The lowest BCUT2D eigenvalue weighted by atomic mass is 10.1. The normalized spacial score (nSPS) is 12.1. The highest BCUT2D eigenvalue weighted by Gasteiger charge is 2.12. The van der Waals surface area contributed by atoms with Crippen molar-refractivity contribution in [1.29, 1.82) is 0 Å². The van der Waals surface area contributed by atoms with Crippen LogP contribution < -0.4 is 0 Å². The summed E-state index contributed by atoms with van der Waals surface area (Å²) in [5, 5.41) is 4.71. The third-order valence-corrected chi connectivity index (χ3v) is 4.50. The van der Waals surface area contributed by atoms with Crippen molar-refractivity contribution < 1.29 is 1.37 Å². The topological polar surface area (TPSA) is 4.93 Å². The van der Waals surface area contributed by atoms with Crippen LogP contribution in [0.1, 0.15) is 1.37 Å². The van der Waals surface area contributed by atoms with Gasteiger partial charge in [-0.15, -0.1) is 0 Å². The summed E-state index contributed by atoms with van der Waals surface area (Å²) in [6, 6.07) is 29.6. The van der Waals surface area contributed by atoms with Gasteiger partial charge in [-0.05, 0) is 23.6 Å². The van der Waals surface area contributed by atoms with E-state index >= 15 is 0 Å². The zero-order chi connectivity index (χ0) is 16.1. The Balaban J connectivity index is 2.06. The molecule has 1 nitrogen and oxygen atoms in total. The average molecular weight is 294 g/mol. The molecule has 1 aromatic heterocycles. The number of hydrogen-bond acceptors (Lipinski definition) is 0. The lowest BCUT2D eigenvalue weighted by molar-refractivity contribution is 1.20. The van der Waals surface area contributed by atoms with Crippen molar-refractivity contribution >= 4 is 32.6 Å². The van der Waals surface area contributed by atoms with Crippen molar-refractivity contribution in [2.24, 2.45) is 0 Å². The van der Waals surface area contributed by atoms with E-state index in [1.165, 1.54) is 10.8 Å². The lowest BCUT2D eigenvalue weighted by Crippen LogP contribution is -1.94. The molecule has 0 N–H and O–H groups in total. The fraction of sp³-hybridized carbons (Fsp3) is 0. The molecule has 1 heteroatoms. The Morgan fingerprint density at radius 2 is 1.09 bits per heavy atom. The first-order valence-electron chi connectivity index (χ1n) is 8.31. The molecule has 0 aliphatic carbocycles. The zero-order valence-corrected chi connectivity index (χ0v) is 12.5. The minimum Gasteiger partial charge on any atom is -0.309 e. The van der Waals surface area contributed by atoms with Gasteiger partial charge in [0, 0.05) is 16.2 Å². The van der Waals surface area contributed by atoms with Crippen LogP contribution in [0.5, 0.6) is 0 Å². The van der Waals surface area contributed by atoms with Crippen LogP contribution in [-0.4, -0.2) is 4.57 Å². The van der Waals surface area contributed by atoms with E-state index in [0.717, 1.165) is 27.5 Å². The van der Waals surface area contributed by atoms with Crippen LogP contribution in [-0.2, 0) is 0 Å². The molecular formula is C22H15N. The van der Waals surface area contributed by atoms with Gasteiger partial charge in [0.1, 0.15) is 0 Å². The second-order valence-electron chi connectivity index (χ2n) is 5.78. The van der Waals surface area contributed by atoms with Gasteiger partial charge >= 0.3 is 0 Å². The number of para-hydroxylation sites is 2. The van der Waals surface area contributed by atoms with E-state index < -0.39 is 0 Å². The molecule has 108 valence electrons. The molecule has 0 atom stereocenters. The molecule has 23 heavy (non-hydrogen) atoms. The van der Waals surface area contributed by atoms with Gasteiger partial charge in [-0.1, -0.05) is 72.8 Å². The lowest BCUT2D eigenvalue weighted by Gasteiger charge is -2.11. The van der Waals surface area contributed by atoms with E-state index in [-0.39, 0.29) is 0 Å². The molecule has 4 aromatic carbocycles. The third kappa shape index (κ3) is 1.74. The maximum absolute atomic E-state index is 8.56. The van der Waals surface area contributed by atoms with Crippen molar-refractivity contribution in [3.8, 4) is 5.69 Å². The van der Waals surface area contributed by atoms with Gasteiger partial charge in [-0.25, -0.2) is 0 Å². The number of fused-ring (bicyclic) bond motifs is 4. The van der Waals surface area contributed by atoms with Crippen LogP contribution >= 0.6 is 0 Å². The van der Waals surface area contributed by atoms with Crippen LogP contribution in [0.3, 0.4) is 0 Å². The summed E-state index contributed by atoms with van der Waals surface area (Å²) in [5.41, 5.74) is 3.23. The summed E-state index contributed by atoms with van der Waals surface area (Å²) in [6.45, 7) is 0. The predicted octanol–water partition coefficient (Wildman–Crippen LogP) is 5.94. The fourth-order valence-corrected chi connectivity index (χ4v) is 3.49. The largest absolute Gasteiger partial charge is 0.309 e. The molecule has 5 aromatic rings. The monoisotopic (exact) mass is 294 g/mol. The summed E-state index contributed by atoms with van der Waals surface area (Å²) in [7, 11) is 0. The molecule has 0 saturated carbocycles. The van der Waals surface area contributed by atoms with Gasteiger partial charge in [0.15, 0.2) is 0 Å². The molecular weight excluding hydrogens is 278 g/mol. The SMILES string of the molecule is [2H]c1ccc2ccccc2c1-n1c2ccccc2c2ccccc21. The smallest absolute Gasteiger partial charge is 0.0645 e. The Kier molecular flexibility index (Phi) is 2.36. The Labute approximate surface area is 135 Å². The zero-order valence-electron chi connectivity index (χ0n) is 13.5. The van der Waals surface area contributed by atoms with Gasteiger partial charge in [0.25, 0.3) is 0 Å². The summed E-state index contributed by atoms with van der Waals surface area (Å²) in [5.74, 6) is 0. The average Bonchev–Trinajstić information content (AvgIpc) is 2.96. The fourth-order valence-electron chi connectivity index (χ4n) is 3.49. The summed E-state index contributed by atoms with van der Waals surface area (Å²) >= 11 is 0. The third-order valence-electron chi connectivity index (χ3n) is 4.50. The van der Waals surface area contributed by atoms with Crippen molar-refractivity contribution in [2.75, 3.05) is 0 Å². The Bertz CT molecular complexity index is 1160. The Morgan fingerprint density at radius 1 is 0.565 bits per heavy atom. The summed E-state index contributed by atoms with van der Waals surface area (Å²) in [4.78, 5) is 0. The number of rotatable bonds is 1. The first-order chi connectivity index (χ1) is 11.8. The minimum atomic E-state index is 0.542. The maximum Gasteiger partial charge on any atom is 0.0645 e. The van der Waals surface area contributed by atoms with Crippen LogP contribution in [0.15, 0.2) is 91.0 Å². The highest BCUT2D eigenvalue weighted by Crippen LogP contribution is 2.34. The van der Waals surface area contributed by atoms with Crippen molar-refractivity contribution in [3.63, 3.8) is 0 Å². The van der Waals surface area contributed by atoms with Crippen molar-refractivity contribution in [2.45, 2.75) is 0 Å². The first kappa shape index (κ1) is 11.5. The number of aromatic nitrogens is 1. The molecule has 0 bridgehead atoms. The van der Waals surface area contributed by atoms with Gasteiger partial charge in [0.2, 0.25) is 0 Å². The highest BCUT2D eigenvalue weighted by molar-refractivity contribution is 6.10. The molecule has 1 heterocycles. The van der Waals surface area contributed by atoms with Crippen LogP contribution in [0.4, 0.5) is 0 Å². The van der Waals surface area contributed by atoms with Gasteiger partial charge in [-0.2, -0.15) is 0 Å². The highest BCUT2D eigenvalue weighted by atomic mass is 15.0. The second kappa shape index (κ2) is 4.72. The quantitative estimate of drug-likeness (QED) is 0.361. The molecule has 0 saturated heterocycles. The summed E-state index contributed by atoms with van der Waals surface area (Å²) in [6.07, 6.45) is 0. The van der Waals surface area contributed by atoms with E-state index in [4.69, 9.17) is 1.37 Å². The number of benzene rings is 4. The summed E-state index contributed by atoms with van der Waals surface area (Å²) < 4.78 is 10.8. The van der Waals surface area contributed by atoms with Gasteiger partial charge in [0.05, 0.1) is 18.1 Å². The molecule has 0 fully saturated rings. The number of nitrogens with zero attached hydrogens (tertiary/aromatic N) is 1. The van der Waals surface area contributed by atoms with E-state index in [1.807, 2.05) is 24.3 Å². The molecule has 0 spiro atoms. The molecule has 0 aliphatic heterocycles. The van der Waals surface area contributed by atoms with E-state index in [1.54, 1.807) is 0 Å². The van der Waals surface area contributed by atoms with E-state index in [9.17, 15) is 0 Å². The minimum absolute atomic E-state index is 0.542. The molecule has 0 unspecified atom stereocenters.